The van der Waals surface area contributed by atoms with Gasteiger partial charge < -0.3 is 11.1 Å². The fourth-order valence-corrected chi connectivity index (χ4v) is 3.16. The van der Waals surface area contributed by atoms with Crippen LogP contribution in [0.2, 0.25) is 0 Å². The Morgan fingerprint density at radius 1 is 1.30 bits per heavy atom. The van der Waals surface area contributed by atoms with E-state index in [-0.39, 0.29) is 36.3 Å². The summed E-state index contributed by atoms with van der Waals surface area (Å²) >= 11 is 0. The van der Waals surface area contributed by atoms with Crippen molar-refractivity contribution in [3.05, 3.63) is 29.3 Å². The topological polar surface area (TPSA) is 96.6 Å². The summed E-state index contributed by atoms with van der Waals surface area (Å²) in [5.41, 5.74) is 9.58. The van der Waals surface area contributed by atoms with Gasteiger partial charge in [-0.1, -0.05) is 12.1 Å². The van der Waals surface area contributed by atoms with Gasteiger partial charge in [0, 0.05) is 12.2 Å². The van der Waals surface area contributed by atoms with Crippen molar-refractivity contribution in [2.24, 2.45) is 10.7 Å². The number of anilines is 1. The summed E-state index contributed by atoms with van der Waals surface area (Å²) in [7, 11) is -3.17. The van der Waals surface area contributed by atoms with Crippen molar-refractivity contribution in [2.45, 2.75) is 32.6 Å². The Bertz CT molecular complexity index is 647. The van der Waals surface area contributed by atoms with Crippen LogP contribution in [0, 0.1) is 0 Å². The third-order valence-electron chi connectivity index (χ3n) is 3.75. The van der Waals surface area contributed by atoms with Crippen molar-refractivity contribution in [1.82, 2.24) is 4.72 Å². The number of sulfonamides is 1. The number of benzene rings is 1. The standard InChI is InChI=1S/C15H24N4O2S.HI/c1-2-22(20,21)18-11-10-17-15(16)19-14-9-5-7-12-6-3-4-8-13(12)14;/h5,7,9,18H,2-4,6,8,10-11H2,1H3,(H3,16,17,19);1H. The summed E-state index contributed by atoms with van der Waals surface area (Å²) in [5.74, 6) is 0.385. The molecule has 23 heavy (non-hydrogen) atoms. The van der Waals surface area contributed by atoms with Crippen LogP contribution in [0.1, 0.15) is 30.9 Å². The second-order valence-corrected chi connectivity index (χ2v) is 7.44. The highest BCUT2D eigenvalue weighted by molar-refractivity contribution is 14.0. The first kappa shape index (κ1) is 20.2. The molecule has 1 aliphatic rings. The van der Waals surface area contributed by atoms with Crippen LogP contribution in [0.5, 0.6) is 0 Å². The van der Waals surface area contributed by atoms with Crippen molar-refractivity contribution in [3.63, 3.8) is 0 Å². The number of fused-ring (bicyclic) bond motifs is 1. The van der Waals surface area contributed by atoms with Crippen LogP contribution in [0.3, 0.4) is 0 Å². The first-order valence-corrected chi connectivity index (χ1v) is 9.32. The van der Waals surface area contributed by atoms with E-state index in [9.17, 15) is 8.42 Å². The van der Waals surface area contributed by atoms with Gasteiger partial charge in [-0.2, -0.15) is 0 Å². The van der Waals surface area contributed by atoms with E-state index in [4.69, 9.17) is 5.73 Å². The highest BCUT2D eigenvalue weighted by atomic mass is 127. The Labute approximate surface area is 155 Å². The molecule has 0 atom stereocenters. The Kier molecular flexibility index (Phi) is 8.27. The van der Waals surface area contributed by atoms with Crippen molar-refractivity contribution < 1.29 is 8.42 Å². The molecule has 0 aliphatic heterocycles. The molecule has 0 spiro atoms. The molecule has 0 amide bonds. The van der Waals surface area contributed by atoms with E-state index < -0.39 is 10.0 Å². The van der Waals surface area contributed by atoms with Crippen LogP contribution < -0.4 is 15.8 Å². The second kappa shape index (κ2) is 9.43. The molecule has 4 N–H and O–H groups in total. The zero-order valence-corrected chi connectivity index (χ0v) is 16.5. The summed E-state index contributed by atoms with van der Waals surface area (Å²) in [5, 5.41) is 3.13. The van der Waals surface area contributed by atoms with E-state index >= 15 is 0 Å². The zero-order valence-electron chi connectivity index (χ0n) is 13.3. The van der Waals surface area contributed by atoms with Crippen LogP contribution >= 0.6 is 24.0 Å². The summed E-state index contributed by atoms with van der Waals surface area (Å²) in [6.45, 7) is 2.17. The van der Waals surface area contributed by atoms with Crippen LogP contribution in [0.15, 0.2) is 23.2 Å². The molecule has 130 valence electrons. The van der Waals surface area contributed by atoms with Gasteiger partial charge in [0.05, 0.1) is 12.3 Å². The molecule has 0 saturated heterocycles. The maximum atomic E-state index is 11.3. The van der Waals surface area contributed by atoms with Gasteiger partial charge in [-0.3, -0.25) is 4.99 Å². The fourth-order valence-electron chi connectivity index (χ4n) is 2.56. The summed E-state index contributed by atoms with van der Waals surface area (Å²) < 4.78 is 25.0. The normalized spacial score (nSPS) is 14.7. The van der Waals surface area contributed by atoms with Gasteiger partial charge in [-0.25, -0.2) is 13.1 Å². The Morgan fingerprint density at radius 3 is 2.78 bits per heavy atom. The van der Waals surface area contributed by atoms with Gasteiger partial charge in [0.25, 0.3) is 0 Å². The molecule has 8 heteroatoms. The molecule has 0 aromatic heterocycles. The lowest BCUT2D eigenvalue weighted by Gasteiger charge is -2.19. The van der Waals surface area contributed by atoms with Gasteiger partial charge in [0.15, 0.2) is 5.96 Å². The number of aryl methyl sites for hydroxylation is 1. The monoisotopic (exact) mass is 452 g/mol. The fraction of sp³-hybridized carbons (Fsp3) is 0.533. The average molecular weight is 452 g/mol. The lowest BCUT2D eigenvalue weighted by atomic mass is 9.90. The Balaban J connectivity index is 0.00000264. The lowest BCUT2D eigenvalue weighted by molar-refractivity contribution is 0.583. The summed E-state index contributed by atoms with van der Waals surface area (Å²) in [4.78, 5) is 4.16. The van der Waals surface area contributed by atoms with Crippen molar-refractivity contribution in [3.8, 4) is 0 Å². The highest BCUT2D eigenvalue weighted by Crippen LogP contribution is 2.27. The first-order valence-electron chi connectivity index (χ1n) is 7.67. The quantitative estimate of drug-likeness (QED) is 0.266. The number of nitrogens with one attached hydrogen (secondary N) is 2. The first-order chi connectivity index (χ1) is 10.5. The Hall–Kier alpha value is -0.870. The minimum atomic E-state index is -3.17. The van der Waals surface area contributed by atoms with Crippen LogP contribution in [-0.2, 0) is 22.9 Å². The molecule has 0 saturated carbocycles. The SMILES string of the molecule is CCS(=O)(=O)NCCN=C(N)Nc1cccc2c1CCCC2.I. The third-order valence-corrected chi connectivity index (χ3v) is 5.16. The Morgan fingerprint density at radius 2 is 2.04 bits per heavy atom. The van der Waals surface area contributed by atoms with E-state index in [1.165, 1.54) is 24.0 Å². The highest BCUT2D eigenvalue weighted by Gasteiger charge is 2.13. The lowest BCUT2D eigenvalue weighted by Crippen LogP contribution is -2.29. The summed E-state index contributed by atoms with van der Waals surface area (Å²) in [6.07, 6.45) is 4.60. The predicted molar refractivity (Wildman–Crippen MR) is 106 cm³/mol. The molecule has 0 bridgehead atoms. The smallest absolute Gasteiger partial charge is 0.211 e. The second-order valence-electron chi connectivity index (χ2n) is 5.34. The molecule has 1 aromatic carbocycles. The van der Waals surface area contributed by atoms with E-state index in [1.54, 1.807) is 6.92 Å². The molecule has 1 aromatic rings. The molecule has 0 radical (unpaired) electrons. The molecule has 1 aliphatic carbocycles. The predicted octanol–water partition coefficient (Wildman–Crippen LogP) is 1.85. The van der Waals surface area contributed by atoms with Crippen LogP contribution in [-0.4, -0.2) is 33.2 Å². The van der Waals surface area contributed by atoms with Crippen LogP contribution in [0.4, 0.5) is 5.69 Å². The molecule has 2 rings (SSSR count). The maximum absolute atomic E-state index is 11.3. The number of guanidine groups is 1. The molecular weight excluding hydrogens is 427 g/mol. The zero-order chi connectivity index (χ0) is 16.0. The number of hydrogen-bond acceptors (Lipinski definition) is 3. The number of halogens is 1. The molecule has 0 fully saturated rings. The number of nitrogens with zero attached hydrogens (tertiary/aromatic N) is 1. The van der Waals surface area contributed by atoms with Gasteiger partial charge in [-0.15, -0.1) is 24.0 Å². The minimum Gasteiger partial charge on any atom is -0.370 e. The summed E-state index contributed by atoms with van der Waals surface area (Å²) in [6, 6.07) is 6.19. The van der Waals surface area contributed by atoms with Crippen molar-refractivity contribution in [2.75, 3.05) is 24.2 Å². The van der Waals surface area contributed by atoms with Gasteiger partial charge >= 0.3 is 0 Å². The van der Waals surface area contributed by atoms with Crippen molar-refractivity contribution >= 4 is 45.6 Å². The third kappa shape index (κ3) is 6.27. The number of aliphatic imine (C=N–C) groups is 1. The van der Waals surface area contributed by atoms with E-state index in [0.29, 0.717) is 12.5 Å². The van der Waals surface area contributed by atoms with E-state index in [1.807, 2.05) is 12.1 Å². The number of hydrogen-bond donors (Lipinski definition) is 3. The molecule has 0 heterocycles. The van der Waals surface area contributed by atoms with Gasteiger partial charge in [0.2, 0.25) is 10.0 Å². The maximum Gasteiger partial charge on any atom is 0.211 e. The van der Waals surface area contributed by atoms with Crippen LogP contribution in [0.25, 0.3) is 0 Å². The van der Waals surface area contributed by atoms with Crippen molar-refractivity contribution in [1.29, 1.82) is 0 Å². The molecule has 6 nitrogen and oxygen atoms in total. The molecule has 0 unspecified atom stereocenters. The molecular formula is C15H25IN4O2S. The largest absolute Gasteiger partial charge is 0.370 e. The van der Waals surface area contributed by atoms with E-state index in [0.717, 1.165) is 18.5 Å². The number of nitrogens with two attached hydrogens (primary N) is 1. The van der Waals surface area contributed by atoms with E-state index in [2.05, 4.69) is 21.1 Å². The van der Waals surface area contributed by atoms with Gasteiger partial charge in [0.1, 0.15) is 0 Å². The number of rotatable bonds is 6. The average Bonchev–Trinajstić information content (AvgIpc) is 2.52. The minimum absolute atomic E-state index is 0. The van der Waals surface area contributed by atoms with Gasteiger partial charge in [-0.05, 0) is 49.8 Å².